The summed E-state index contributed by atoms with van der Waals surface area (Å²) in [6.07, 6.45) is 1.20. The zero-order valence-electron chi connectivity index (χ0n) is 13.9. The Kier molecular flexibility index (Phi) is 5.38. The molecule has 27 heavy (non-hydrogen) atoms. The number of methoxy groups -OCH3 is 1. The lowest BCUT2D eigenvalue weighted by atomic mass is 10.2. The highest BCUT2D eigenvalue weighted by atomic mass is 35.5. The van der Waals surface area contributed by atoms with Gasteiger partial charge in [-0.05, 0) is 42.5 Å². The van der Waals surface area contributed by atoms with Crippen molar-refractivity contribution in [1.29, 1.82) is 0 Å². The summed E-state index contributed by atoms with van der Waals surface area (Å²) in [6, 6.07) is 10.7. The van der Waals surface area contributed by atoms with Gasteiger partial charge in [0.15, 0.2) is 4.77 Å². The second-order valence-electron chi connectivity index (χ2n) is 5.36. The van der Waals surface area contributed by atoms with E-state index in [-0.39, 0.29) is 21.0 Å². The zero-order chi connectivity index (χ0) is 19.6. The van der Waals surface area contributed by atoms with E-state index >= 15 is 0 Å². The highest BCUT2D eigenvalue weighted by Crippen LogP contribution is 2.27. The summed E-state index contributed by atoms with van der Waals surface area (Å²) in [5.41, 5.74) is 0.000258. The lowest BCUT2D eigenvalue weighted by Crippen LogP contribution is -2.18. The third-order valence-corrected chi connectivity index (χ3v) is 4.27. The summed E-state index contributed by atoms with van der Waals surface area (Å²) in [5, 5.41) is 10.4. The number of halogens is 2. The monoisotopic (exact) mass is 405 g/mol. The molecule has 0 unspecified atom stereocenters. The van der Waals surface area contributed by atoms with Gasteiger partial charge in [-0.1, -0.05) is 23.7 Å². The first-order valence-electron chi connectivity index (χ1n) is 7.63. The van der Waals surface area contributed by atoms with Crippen LogP contribution in [0.5, 0.6) is 11.6 Å². The van der Waals surface area contributed by atoms with E-state index in [2.05, 4.69) is 9.98 Å². The smallest absolute Gasteiger partial charge is 0.264 e. The van der Waals surface area contributed by atoms with Crippen molar-refractivity contribution in [3.05, 3.63) is 74.0 Å². The molecule has 1 heterocycles. The quantitative estimate of drug-likeness (QED) is 0.504. The molecule has 0 aliphatic rings. The number of hydrogen-bond acceptors (Lipinski definition) is 5. The van der Waals surface area contributed by atoms with Gasteiger partial charge in [0.05, 0.1) is 17.8 Å². The summed E-state index contributed by atoms with van der Waals surface area (Å²) >= 11 is 10.9. The predicted octanol–water partition coefficient (Wildman–Crippen LogP) is 4.15. The number of H-pyrrole nitrogens is 1. The number of nitrogens with one attached hydrogen (secondary N) is 1. The molecule has 1 aromatic heterocycles. The van der Waals surface area contributed by atoms with Gasteiger partial charge < -0.3 is 9.84 Å². The van der Waals surface area contributed by atoms with Crippen LogP contribution >= 0.6 is 23.8 Å². The Labute approximate surface area is 163 Å². The Morgan fingerprint density at radius 2 is 2.07 bits per heavy atom. The number of ether oxygens (including phenoxy) is 1. The van der Waals surface area contributed by atoms with Crippen LogP contribution in [-0.4, -0.2) is 28.0 Å². The maximum absolute atomic E-state index is 13.4. The van der Waals surface area contributed by atoms with Gasteiger partial charge in [-0.2, -0.15) is 0 Å². The van der Waals surface area contributed by atoms with Crippen LogP contribution in [0.3, 0.4) is 0 Å². The average Bonchev–Trinajstić information content (AvgIpc) is 2.64. The molecule has 3 rings (SSSR count). The second-order valence-corrected chi connectivity index (χ2v) is 6.15. The molecule has 0 saturated heterocycles. The van der Waals surface area contributed by atoms with E-state index in [9.17, 15) is 14.3 Å². The van der Waals surface area contributed by atoms with Gasteiger partial charge in [0.25, 0.3) is 5.56 Å². The van der Waals surface area contributed by atoms with Gasteiger partial charge in [-0.3, -0.25) is 19.3 Å². The van der Waals surface area contributed by atoms with E-state index in [1.165, 1.54) is 25.5 Å². The molecular formula is C18H13ClFN3O3S. The first-order valence-corrected chi connectivity index (χ1v) is 8.42. The van der Waals surface area contributed by atoms with Crippen LogP contribution in [-0.2, 0) is 0 Å². The van der Waals surface area contributed by atoms with E-state index in [1.54, 1.807) is 24.3 Å². The normalized spacial score (nSPS) is 11.1. The molecule has 9 heteroatoms. The van der Waals surface area contributed by atoms with Crippen molar-refractivity contribution in [1.82, 2.24) is 9.55 Å². The molecule has 0 saturated carbocycles. The summed E-state index contributed by atoms with van der Waals surface area (Å²) < 4.78 is 19.7. The van der Waals surface area contributed by atoms with Crippen LogP contribution in [0, 0.1) is 10.6 Å². The molecule has 0 fully saturated rings. The first-order chi connectivity index (χ1) is 12.9. The number of benzene rings is 2. The minimum absolute atomic E-state index is 0.0744. The van der Waals surface area contributed by atoms with Crippen LogP contribution in [0.4, 0.5) is 10.1 Å². The highest BCUT2D eigenvalue weighted by Gasteiger charge is 2.14. The topological polar surface area (TPSA) is 79.6 Å². The lowest BCUT2D eigenvalue weighted by molar-refractivity contribution is 0.416. The van der Waals surface area contributed by atoms with E-state index in [1.807, 2.05) is 0 Å². The second kappa shape index (κ2) is 7.73. The number of aromatic hydroxyl groups is 1. The van der Waals surface area contributed by atoms with E-state index in [4.69, 9.17) is 28.6 Å². The van der Waals surface area contributed by atoms with E-state index in [0.717, 1.165) is 10.6 Å². The number of para-hydroxylation sites is 2. The summed E-state index contributed by atoms with van der Waals surface area (Å²) in [4.78, 5) is 18.9. The van der Waals surface area contributed by atoms with Crippen LogP contribution in [0.2, 0.25) is 5.02 Å². The third kappa shape index (κ3) is 3.76. The summed E-state index contributed by atoms with van der Waals surface area (Å²) in [6.45, 7) is 0. The number of aromatic amines is 1. The van der Waals surface area contributed by atoms with Crippen LogP contribution in [0.25, 0.3) is 5.69 Å². The Hall–Kier alpha value is -2.97. The molecule has 0 radical (unpaired) electrons. The van der Waals surface area contributed by atoms with Crippen molar-refractivity contribution in [2.24, 2.45) is 4.99 Å². The van der Waals surface area contributed by atoms with Crippen molar-refractivity contribution >= 4 is 35.7 Å². The fraction of sp³-hybridized carbons (Fsp3) is 0.0556. The molecule has 6 nitrogen and oxygen atoms in total. The SMILES string of the molecule is COc1ccccc1N=Cc1c(O)n(-c2ccc(F)c(Cl)c2)c(=S)[nH]c1=O. The van der Waals surface area contributed by atoms with Crippen LogP contribution in [0.1, 0.15) is 5.56 Å². The fourth-order valence-electron chi connectivity index (χ4n) is 2.39. The summed E-state index contributed by atoms with van der Waals surface area (Å²) in [7, 11) is 1.50. The van der Waals surface area contributed by atoms with Gasteiger partial charge in [0.2, 0.25) is 5.88 Å². The molecular weight excluding hydrogens is 393 g/mol. The Morgan fingerprint density at radius 1 is 1.33 bits per heavy atom. The van der Waals surface area contributed by atoms with Gasteiger partial charge in [0.1, 0.15) is 22.8 Å². The molecule has 3 aromatic rings. The predicted molar refractivity (Wildman–Crippen MR) is 104 cm³/mol. The molecule has 2 aromatic carbocycles. The molecule has 0 bridgehead atoms. The van der Waals surface area contributed by atoms with Crippen molar-refractivity contribution in [2.75, 3.05) is 7.11 Å². The Bertz CT molecular complexity index is 1160. The summed E-state index contributed by atoms with van der Waals surface area (Å²) in [5.74, 6) is -0.568. The van der Waals surface area contributed by atoms with Crippen LogP contribution in [0.15, 0.2) is 52.3 Å². The molecule has 0 spiro atoms. The highest BCUT2D eigenvalue weighted by molar-refractivity contribution is 7.71. The number of aromatic nitrogens is 2. The van der Waals surface area contributed by atoms with Crippen molar-refractivity contribution in [3.8, 4) is 17.3 Å². The number of nitrogens with zero attached hydrogens (tertiary/aromatic N) is 2. The number of rotatable bonds is 4. The lowest BCUT2D eigenvalue weighted by Gasteiger charge is -2.11. The van der Waals surface area contributed by atoms with E-state index in [0.29, 0.717) is 11.4 Å². The van der Waals surface area contributed by atoms with Crippen molar-refractivity contribution < 1.29 is 14.2 Å². The maximum Gasteiger partial charge on any atom is 0.264 e. The van der Waals surface area contributed by atoms with Crippen molar-refractivity contribution in [2.45, 2.75) is 0 Å². The van der Waals surface area contributed by atoms with Gasteiger partial charge in [-0.15, -0.1) is 0 Å². The minimum Gasteiger partial charge on any atom is -0.494 e. The van der Waals surface area contributed by atoms with Crippen LogP contribution < -0.4 is 10.3 Å². The Balaban J connectivity index is 2.15. The molecule has 2 N–H and O–H groups in total. The Morgan fingerprint density at radius 3 is 2.78 bits per heavy atom. The first kappa shape index (κ1) is 18.8. The number of aliphatic imine (C=N–C) groups is 1. The van der Waals surface area contributed by atoms with Crippen molar-refractivity contribution in [3.63, 3.8) is 0 Å². The number of hydrogen-bond donors (Lipinski definition) is 2. The molecule has 0 aliphatic carbocycles. The van der Waals surface area contributed by atoms with E-state index < -0.39 is 17.3 Å². The average molecular weight is 406 g/mol. The minimum atomic E-state index is -0.624. The molecule has 0 amide bonds. The largest absolute Gasteiger partial charge is 0.494 e. The molecule has 0 aliphatic heterocycles. The van der Waals surface area contributed by atoms with Gasteiger partial charge >= 0.3 is 0 Å². The van der Waals surface area contributed by atoms with Gasteiger partial charge in [-0.25, -0.2) is 4.39 Å². The molecule has 0 atom stereocenters. The fourth-order valence-corrected chi connectivity index (χ4v) is 2.85. The zero-order valence-corrected chi connectivity index (χ0v) is 15.5. The third-order valence-electron chi connectivity index (χ3n) is 3.70. The molecule has 138 valence electrons. The maximum atomic E-state index is 13.4. The standard InChI is InChI=1S/C18H13ClFN3O3S/c1-26-15-5-3-2-4-14(15)21-9-11-16(24)22-18(27)23(17(11)25)10-6-7-13(20)12(19)8-10/h2-9,25H,1H3,(H,22,24,27). The van der Waals surface area contributed by atoms with Gasteiger partial charge in [0, 0.05) is 6.21 Å².